The lowest BCUT2D eigenvalue weighted by Crippen LogP contribution is -2.58. The first kappa shape index (κ1) is 28.7. The Kier molecular flexibility index (Phi) is 9.52. The molecule has 2 N–H and O–H groups in total. The molecule has 0 amide bonds. The molecular formula is C31H44N4O5. The first-order valence-corrected chi connectivity index (χ1v) is 15.3. The first-order valence-electron chi connectivity index (χ1n) is 15.3. The molecule has 3 aliphatic rings. The van der Waals surface area contributed by atoms with E-state index in [-0.39, 0.29) is 49.1 Å². The van der Waals surface area contributed by atoms with Crippen LogP contribution in [-0.4, -0.2) is 67.7 Å². The Balaban J connectivity index is 1.49. The van der Waals surface area contributed by atoms with E-state index >= 15 is 0 Å². The van der Waals surface area contributed by atoms with Crippen LogP contribution in [0.25, 0.3) is 11.0 Å². The van der Waals surface area contributed by atoms with Crippen molar-refractivity contribution in [3.8, 4) is 0 Å². The lowest BCUT2D eigenvalue weighted by Gasteiger charge is -2.54. The first-order chi connectivity index (χ1) is 19.5. The van der Waals surface area contributed by atoms with Crippen LogP contribution in [0.3, 0.4) is 0 Å². The maximum atomic E-state index is 14.2. The molecule has 3 fully saturated rings. The van der Waals surface area contributed by atoms with Crippen molar-refractivity contribution in [2.75, 3.05) is 13.2 Å². The largest absolute Gasteiger partial charge is 0.481 e. The summed E-state index contributed by atoms with van der Waals surface area (Å²) in [7, 11) is 0. The van der Waals surface area contributed by atoms with Gasteiger partial charge in [-0.3, -0.25) is 14.5 Å². The Hall–Kier alpha value is -2.78. The Bertz CT molecular complexity index is 1240. The van der Waals surface area contributed by atoms with E-state index in [0.717, 1.165) is 24.3 Å². The monoisotopic (exact) mass is 552 g/mol. The molecule has 1 aliphatic carbocycles. The number of carboxylic acids is 1. The van der Waals surface area contributed by atoms with Crippen LogP contribution in [0.4, 0.5) is 0 Å². The third kappa shape index (κ3) is 6.25. The Morgan fingerprint density at radius 1 is 1.02 bits per heavy atom. The van der Waals surface area contributed by atoms with E-state index in [1.165, 1.54) is 57.8 Å². The van der Waals surface area contributed by atoms with Crippen LogP contribution in [0.5, 0.6) is 0 Å². The van der Waals surface area contributed by atoms with E-state index in [1.54, 1.807) is 0 Å². The second-order valence-corrected chi connectivity index (χ2v) is 11.9. The van der Waals surface area contributed by atoms with Crippen LogP contribution in [-0.2, 0) is 9.63 Å². The van der Waals surface area contributed by atoms with Gasteiger partial charge in [-0.25, -0.2) is 4.98 Å². The van der Waals surface area contributed by atoms with Crippen LogP contribution < -0.4 is 5.56 Å². The van der Waals surface area contributed by atoms with Gasteiger partial charge in [0.15, 0.2) is 5.69 Å². The molecule has 9 heteroatoms. The van der Waals surface area contributed by atoms with Crippen LogP contribution in [0, 0.1) is 5.92 Å². The number of aliphatic hydroxyl groups is 1. The highest BCUT2D eigenvalue weighted by Crippen LogP contribution is 2.44. The summed E-state index contributed by atoms with van der Waals surface area (Å²) in [6, 6.07) is 9.33. The number of nitrogens with zero attached hydrogens (tertiary/aromatic N) is 4. The second-order valence-electron chi connectivity index (χ2n) is 11.9. The molecule has 1 aromatic carbocycles. The highest BCUT2D eigenvalue weighted by Gasteiger charge is 2.43. The molecule has 218 valence electrons. The Morgan fingerprint density at radius 3 is 2.42 bits per heavy atom. The van der Waals surface area contributed by atoms with Crippen LogP contribution in [0.2, 0.25) is 0 Å². The number of oxime groups is 1. The van der Waals surface area contributed by atoms with Gasteiger partial charge in [-0.2, -0.15) is 0 Å². The van der Waals surface area contributed by atoms with Gasteiger partial charge in [0.1, 0.15) is 12.3 Å². The third-order valence-corrected chi connectivity index (χ3v) is 9.25. The summed E-state index contributed by atoms with van der Waals surface area (Å²) in [6.45, 7) is 2.03. The van der Waals surface area contributed by atoms with Gasteiger partial charge in [0.2, 0.25) is 0 Å². The quantitative estimate of drug-likeness (QED) is 0.232. The summed E-state index contributed by atoms with van der Waals surface area (Å²) in [4.78, 5) is 38.3. The van der Waals surface area contributed by atoms with E-state index in [4.69, 9.17) is 9.94 Å². The van der Waals surface area contributed by atoms with Gasteiger partial charge in [-0.1, -0.05) is 56.3 Å². The molecule has 0 spiro atoms. The fourth-order valence-electron chi connectivity index (χ4n) is 7.70. The van der Waals surface area contributed by atoms with Crippen molar-refractivity contribution in [3.63, 3.8) is 0 Å². The number of fused-ring (bicyclic) bond motifs is 3. The molecule has 0 radical (unpaired) electrons. The number of benzene rings is 1. The van der Waals surface area contributed by atoms with Crippen molar-refractivity contribution in [2.24, 2.45) is 11.1 Å². The Morgan fingerprint density at radius 2 is 1.73 bits per heavy atom. The summed E-state index contributed by atoms with van der Waals surface area (Å²) in [5, 5.41) is 22.5. The molecule has 5 rings (SSSR count). The normalized spacial score (nSPS) is 27.6. The molecular weight excluding hydrogens is 508 g/mol. The Labute approximate surface area is 236 Å². The summed E-state index contributed by atoms with van der Waals surface area (Å²) < 4.78 is 1.92. The van der Waals surface area contributed by atoms with E-state index in [1.807, 2.05) is 28.8 Å². The third-order valence-electron chi connectivity index (χ3n) is 9.25. The number of hydrogen-bond donors (Lipinski definition) is 2. The number of para-hydroxylation sites is 2. The topological polar surface area (TPSA) is 117 Å². The van der Waals surface area contributed by atoms with Gasteiger partial charge in [0.25, 0.3) is 5.56 Å². The number of hydrogen-bond acceptors (Lipinski definition) is 7. The lowest BCUT2D eigenvalue weighted by molar-refractivity contribution is -0.136. The zero-order chi connectivity index (χ0) is 28.1. The highest BCUT2D eigenvalue weighted by atomic mass is 16.6. The van der Waals surface area contributed by atoms with Crippen LogP contribution in [0.15, 0.2) is 34.2 Å². The molecule has 2 aliphatic heterocycles. The minimum Gasteiger partial charge on any atom is -0.481 e. The van der Waals surface area contributed by atoms with Gasteiger partial charge >= 0.3 is 5.97 Å². The van der Waals surface area contributed by atoms with Crippen LogP contribution in [0.1, 0.15) is 102 Å². The predicted octanol–water partition coefficient (Wildman–Crippen LogP) is 4.89. The second kappa shape index (κ2) is 13.3. The fraction of sp³-hybridized carbons (Fsp3) is 0.677. The van der Waals surface area contributed by atoms with Crippen LogP contribution >= 0.6 is 0 Å². The predicted molar refractivity (Wildman–Crippen MR) is 155 cm³/mol. The fourth-order valence-corrected chi connectivity index (χ4v) is 7.70. The number of aliphatic hydroxyl groups excluding tert-OH is 1. The number of piperidine rings is 2. The summed E-state index contributed by atoms with van der Waals surface area (Å²) >= 11 is 0. The number of carboxylic acid groups (broad SMARTS) is 1. The average Bonchev–Trinajstić information content (AvgIpc) is 2.94. The van der Waals surface area contributed by atoms with Gasteiger partial charge < -0.3 is 19.6 Å². The molecule has 9 nitrogen and oxygen atoms in total. The summed E-state index contributed by atoms with van der Waals surface area (Å²) in [5.41, 5.74) is 1.60. The zero-order valence-electron chi connectivity index (χ0n) is 23.7. The SMILES string of the molecule is CCCC1CCC[C@@H](N2[C@@H]3CCC[C@H]2CC(n2c(=O)c(/C(CCC(=O)O)=N/OCCO)nc4ccccc42)C3)C1. The standard InChI is InChI=1S/C31H44N4O5/c1-2-7-21-8-5-9-22(18-21)34-23-10-6-11-24(34)20-25(19-23)35-28-13-4-3-12-26(28)32-30(31(35)39)27(14-15-29(37)38)33-40-17-16-36/h3-4,12-13,21-25,36H,2,5-11,14-20H2,1H3,(H,37,38)/b33-27+/t21?,22-,23-,24+,25?/m1/s1. The van der Waals surface area contributed by atoms with Gasteiger partial charge in [-0.15, -0.1) is 0 Å². The lowest BCUT2D eigenvalue weighted by atomic mass is 9.76. The summed E-state index contributed by atoms with van der Waals surface area (Å²) in [5.74, 6) is -0.145. The number of rotatable bonds is 11. The van der Waals surface area contributed by atoms with E-state index in [9.17, 15) is 14.7 Å². The van der Waals surface area contributed by atoms with Gasteiger partial charge in [-0.05, 0) is 56.6 Å². The molecule has 1 saturated carbocycles. The molecule has 2 aromatic rings. The zero-order valence-corrected chi connectivity index (χ0v) is 23.7. The molecule has 40 heavy (non-hydrogen) atoms. The minimum atomic E-state index is -0.986. The average molecular weight is 553 g/mol. The molecule has 2 unspecified atom stereocenters. The molecule has 3 heterocycles. The van der Waals surface area contributed by atoms with Crippen molar-refractivity contribution >= 4 is 22.7 Å². The molecule has 2 saturated heterocycles. The van der Waals surface area contributed by atoms with E-state index in [2.05, 4.69) is 22.0 Å². The van der Waals surface area contributed by atoms with Crippen molar-refractivity contribution in [1.29, 1.82) is 0 Å². The van der Waals surface area contributed by atoms with E-state index < -0.39 is 5.97 Å². The van der Waals surface area contributed by atoms with Gasteiger partial charge in [0, 0.05) is 30.6 Å². The van der Waals surface area contributed by atoms with Gasteiger partial charge in [0.05, 0.1) is 24.1 Å². The van der Waals surface area contributed by atoms with Crippen molar-refractivity contribution < 1.29 is 19.8 Å². The smallest absolute Gasteiger partial charge is 0.303 e. The highest BCUT2D eigenvalue weighted by molar-refractivity contribution is 6.00. The van der Waals surface area contributed by atoms with Crippen molar-refractivity contribution in [2.45, 2.75) is 115 Å². The minimum absolute atomic E-state index is 0.0195. The maximum Gasteiger partial charge on any atom is 0.303 e. The molecule has 1 aromatic heterocycles. The number of aromatic nitrogens is 2. The van der Waals surface area contributed by atoms with E-state index in [0.29, 0.717) is 23.6 Å². The van der Waals surface area contributed by atoms with Crippen molar-refractivity contribution in [1.82, 2.24) is 14.5 Å². The summed E-state index contributed by atoms with van der Waals surface area (Å²) in [6.07, 6.45) is 13.2. The molecule has 2 bridgehead atoms. The van der Waals surface area contributed by atoms with Crippen molar-refractivity contribution in [3.05, 3.63) is 40.3 Å². The number of aliphatic carboxylic acids is 1. The maximum absolute atomic E-state index is 14.2. The number of carbonyl (C=O) groups is 1. The molecule has 5 atom stereocenters.